The number of carbonyl (C=O) groups excluding carboxylic acids is 3. The summed E-state index contributed by atoms with van der Waals surface area (Å²) in [5.41, 5.74) is -0.330. The Bertz CT molecular complexity index is 887. The van der Waals surface area contributed by atoms with Crippen LogP contribution in [0.5, 0.6) is 0 Å². The lowest BCUT2D eigenvalue weighted by atomic mass is 10.1. The van der Waals surface area contributed by atoms with Crippen LogP contribution in [0.15, 0.2) is 51.9 Å². The van der Waals surface area contributed by atoms with Gasteiger partial charge in [0.15, 0.2) is 17.3 Å². The Balaban J connectivity index is 2.31. The van der Waals surface area contributed by atoms with Crippen LogP contribution in [0.2, 0.25) is 0 Å². The summed E-state index contributed by atoms with van der Waals surface area (Å²) in [6.45, 7) is 4.74. The molecule has 2 unspecified atom stereocenters. The fourth-order valence-electron chi connectivity index (χ4n) is 2.30. The highest BCUT2D eigenvalue weighted by molar-refractivity contribution is 6.04. The van der Waals surface area contributed by atoms with Gasteiger partial charge >= 0.3 is 5.97 Å². The van der Waals surface area contributed by atoms with Gasteiger partial charge in [-0.25, -0.2) is 0 Å². The van der Waals surface area contributed by atoms with E-state index in [0.29, 0.717) is 12.0 Å². The zero-order valence-electron chi connectivity index (χ0n) is 15.4. The minimum Gasteiger partial charge on any atom is -0.464 e. The van der Waals surface area contributed by atoms with Crippen molar-refractivity contribution >= 4 is 17.8 Å². The van der Waals surface area contributed by atoms with Crippen molar-refractivity contribution in [3.63, 3.8) is 0 Å². The summed E-state index contributed by atoms with van der Waals surface area (Å²) in [6.07, 6.45) is 0.611. The minimum absolute atomic E-state index is 0.0752. The van der Waals surface area contributed by atoms with E-state index in [0.717, 1.165) is 12.3 Å². The summed E-state index contributed by atoms with van der Waals surface area (Å²) >= 11 is 0. The first kappa shape index (κ1) is 20.1. The number of hydrogen-bond acceptors (Lipinski definition) is 6. The van der Waals surface area contributed by atoms with E-state index in [1.807, 2.05) is 6.92 Å². The van der Waals surface area contributed by atoms with Crippen LogP contribution in [-0.4, -0.2) is 17.8 Å². The van der Waals surface area contributed by atoms with Gasteiger partial charge in [-0.15, -0.1) is 0 Å². The third-order valence-electron chi connectivity index (χ3n) is 4.04. The Labute approximate surface area is 156 Å². The van der Waals surface area contributed by atoms with Gasteiger partial charge in [0.1, 0.15) is 11.8 Å². The maximum atomic E-state index is 12.4. The summed E-state index contributed by atoms with van der Waals surface area (Å²) in [7, 11) is 0. The fraction of sp³-hybridized carbons (Fsp3) is 0.300. The standard InChI is InChI=1S/C20H21NO6/c1-4-12(2)19(24)21-20(25)15-11-26-17(10-16(15)23)18(27-13(3)22)14-8-6-5-7-9-14/h5-12,18H,4H2,1-3H3,(H,21,24,25). The molecule has 0 radical (unpaired) electrons. The van der Waals surface area contributed by atoms with Crippen LogP contribution in [0.4, 0.5) is 0 Å². The molecule has 0 saturated carbocycles. The second-order valence-corrected chi connectivity index (χ2v) is 6.09. The van der Waals surface area contributed by atoms with Gasteiger partial charge in [0, 0.05) is 24.5 Å². The smallest absolute Gasteiger partial charge is 0.303 e. The molecule has 0 aliphatic rings. The molecule has 7 nitrogen and oxygen atoms in total. The Kier molecular flexibility index (Phi) is 6.65. The van der Waals surface area contributed by atoms with Gasteiger partial charge < -0.3 is 9.15 Å². The molecule has 0 spiro atoms. The monoisotopic (exact) mass is 371 g/mol. The molecular formula is C20H21NO6. The first-order chi connectivity index (χ1) is 12.8. The average Bonchev–Trinajstić information content (AvgIpc) is 2.65. The van der Waals surface area contributed by atoms with Gasteiger partial charge in [0.25, 0.3) is 5.91 Å². The van der Waals surface area contributed by atoms with Crippen LogP contribution in [0.1, 0.15) is 55.0 Å². The zero-order chi connectivity index (χ0) is 20.0. The molecule has 0 bridgehead atoms. The van der Waals surface area contributed by atoms with Crippen LogP contribution in [0.3, 0.4) is 0 Å². The van der Waals surface area contributed by atoms with Gasteiger partial charge in [0.05, 0.1) is 0 Å². The molecule has 2 atom stereocenters. The number of hydrogen-bond donors (Lipinski definition) is 1. The van der Waals surface area contributed by atoms with Crippen LogP contribution < -0.4 is 10.7 Å². The van der Waals surface area contributed by atoms with Crippen molar-refractivity contribution in [1.29, 1.82) is 0 Å². The lowest BCUT2D eigenvalue weighted by Crippen LogP contribution is -2.36. The number of imide groups is 1. The summed E-state index contributed by atoms with van der Waals surface area (Å²) in [4.78, 5) is 47.8. The predicted molar refractivity (Wildman–Crippen MR) is 97.0 cm³/mol. The van der Waals surface area contributed by atoms with Crippen LogP contribution in [-0.2, 0) is 14.3 Å². The largest absolute Gasteiger partial charge is 0.464 e. The second kappa shape index (κ2) is 8.93. The number of nitrogens with one attached hydrogen (secondary N) is 1. The Morgan fingerprint density at radius 2 is 1.85 bits per heavy atom. The molecule has 2 rings (SSSR count). The van der Waals surface area contributed by atoms with Crippen molar-refractivity contribution in [2.45, 2.75) is 33.3 Å². The normalized spacial score (nSPS) is 12.7. The van der Waals surface area contributed by atoms with E-state index in [1.165, 1.54) is 6.92 Å². The molecule has 142 valence electrons. The quantitative estimate of drug-likeness (QED) is 0.783. The van der Waals surface area contributed by atoms with Crippen LogP contribution >= 0.6 is 0 Å². The van der Waals surface area contributed by atoms with E-state index in [2.05, 4.69) is 5.32 Å². The molecular weight excluding hydrogens is 350 g/mol. The molecule has 0 saturated heterocycles. The van der Waals surface area contributed by atoms with Crippen molar-refractivity contribution in [1.82, 2.24) is 5.32 Å². The van der Waals surface area contributed by atoms with Gasteiger partial charge in [-0.1, -0.05) is 44.2 Å². The molecule has 0 fully saturated rings. The predicted octanol–water partition coefficient (Wildman–Crippen LogP) is 2.59. The van der Waals surface area contributed by atoms with Crippen molar-refractivity contribution in [2.24, 2.45) is 5.92 Å². The molecule has 1 aromatic carbocycles. The van der Waals surface area contributed by atoms with Gasteiger partial charge in [-0.3, -0.25) is 24.5 Å². The molecule has 2 amide bonds. The third kappa shape index (κ3) is 5.13. The van der Waals surface area contributed by atoms with E-state index < -0.39 is 29.3 Å². The van der Waals surface area contributed by atoms with E-state index in [4.69, 9.17) is 9.15 Å². The number of rotatable bonds is 6. The number of esters is 1. The fourth-order valence-corrected chi connectivity index (χ4v) is 2.30. The van der Waals surface area contributed by atoms with E-state index in [9.17, 15) is 19.2 Å². The lowest BCUT2D eigenvalue weighted by Gasteiger charge is -2.16. The molecule has 0 aliphatic heterocycles. The molecule has 1 N–H and O–H groups in total. The number of amides is 2. The van der Waals surface area contributed by atoms with Crippen molar-refractivity contribution in [3.05, 3.63) is 69.8 Å². The lowest BCUT2D eigenvalue weighted by molar-refractivity contribution is -0.145. The first-order valence-corrected chi connectivity index (χ1v) is 8.53. The second-order valence-electron chi connectivity index (χ2n) is 6.09. The Hall–Kier alpha value is -3.22. The third-order valence-corrected chi connectivity index (χ3v) is 4.04. The maximum absolute atomic E-state index is 12.4. The maximum Gasteiger partial charge on any atom is 0.303 e. The highest BCUT2D eigenvalue weighted by Gasteiger charge is 2.23. The van der Waals surface area contributed by atoms with Crippen molar-refractivity contribution in [2.75, 3.05) is 0 Å². The van der Waals surface area contributed by atoms with Gasteiger partial charge in [0.2, 0.25) is 5.91 Å². The molecule has 27 heavy (non-hydrogen) atoms. The Morgan fingerprint density at radius 1 is 1.19 bits per heavy atom. The number of ether oxygens (including phenoxy) is 1. The zero-order valence-corrected chi connectivity index (χ0v) is 15.4. The summed E-state index contributed by atoms with van der Waals surface area (Å²) < 4.78 is 10.7. The van der Waals surface area contributed by atoms with Crippen molar-refractivity contribution in [3.8, 4) is 0 Å². The Morgan fingerprint density at radius 3 is 2.41 bits per heavy atom. The highest BCUT2D eigenvalue weighted by Crippen LogP contribution is 2.25. The highest BCUT2D eigenvalue weighted by atomic mass is 16.5. The van der Waals surface area contributed by atoms with E-state index in [-0.39, 0.29) is 17.2 Å². The molecule has 7 heteroatoms. The average molecular weight is 371 g/mol. The van der Waals surface area contributed by atoms with E-state index in [1.54, 1.807) is 37.3 Å². The first-order valence-electron chi connectivity index (χ1n) is 8.53. The summed E-state index contributed by atoms with van der Waals surface area (Å²) in [5, 5.41) is 2.18. The van der Waals surface area contributed by atoms with Crippen LogP contribution in [0, 0.1) is 5.92 Å². The van der Waals surface area contributed by atoms with Crippen molar-refractivity contribution < 1.29 is 23.5 Å². The summed E-state index contributed by atoms with van der Waals surface area (Å²) in [5.74, 6) is -2.12. The SMILES string of the molecule is CCC(C)C(=O)NC(=O)c1coc(C(OC(C)=O)c2ccccc2)cc1=O. The number of benzene rings is 1. The van der Waals surface area contributed by atoms with Crippen LogP contribution in [0.25, 0.3) is 0 Å². The topological polar surface area (TPSA) is 103 Å². The van der Waals surface area contributed by atoms with Gasteiger partial charge in [-0.2, -0.15) is 0 Å². The molecule has 1 heterocycles. The molecule has 1 aromatic heterocycles. The number of carbonyl (C=O) groups is 3. The van der Waals surface area contributed by atoms with E-state index >= 15 is 0 Å². The molecule has 0 aliphatic carbocycles. The minimum atomic E-state index is -0.921. The summed E-state index contributed by atoms with van der Waals surface area (Å²) in [6, 6.07) is 9.84. The molecule has 2 aromatic rings. The van der Waals surface area contributed by atoms with Gasteiger partial charge in [-0.05, 0) is 6.42 Å².